The van der Waals surface area contributed by atoms with E-state index in [2.05, 4.69) is 17.9 Å². The van der Waals surface area contributed by atoms with E-state index in [1.165, 1.54) is 35.3 Å². The third-order valence-electron chi connectivity index (χ3n) is 0.941. The van der Waals surface area contributed by atoms with Gasteiger partial charge in [0.1, 0.15) is 5.94 Å². The first-order valence-electron chi connectivity index (χ1n) is 3.66. The van der Waals surface area contributed by atoms with Crippen LogP contribution in [0.4, 0.5) is 4.79 Å². The van der Waals surface area contributed by atoms with Crippen LogP contribution >= 0.6 is 47.9 Å². The molecule has 1 amide bonds. The summed E-state index contributed by atoms with van der Waals surface area (Å²) in [5.41, 5.74) is 0. The zero-order valence-electron chi connectivity index (χ0n) is 7.47. The number of hydrogen-bond donors (Lipinski definition) is 3. The first-order valence-corrected chi connectivity index (χ1v) is 7.76. The second-order valence-corrected chi connectivity index (χ2v) is 5.84. The number of ether oxygens (including phenoxy) is 1. The van der Waals surface area contributed by atoms with Gasteiger partial charge in [0.15, 0.2) is 0 Å². The van der Waals surface area contributed by atoms with Gasteiger partial charge in [0, 0.05) is 10.2 Å². The van der Waals surface area contributed by atoms with Crippen molar-refractivity contribution >= 4 is 54.0 Å². The van der Waals surface area contributed by atoms with Crippen molar-refractivity contribution in [2.45, 2.75) is 0 Å². The minimum Gasteiger partial charge on any atom is -0.438 e. The van der Waals surface area contributed by atoms with E-state index in [0.29, 0.717) is 16.9 Å². The van der Waals surface area contributed by atoms with Crippen LogP contribution in [0.1, 0.15) is 0 Å². The fraction of sp³-hybridized carbons (Fsp3) is 0.833. The number of thioether (sulfide) groups is 3. The number of amides is 1. The monoisotopic (exact) mass is 275 g/mol. The SMILES string of the molecule is O=C(NCSCS)OCSCSCO. The van der Waals surface area contributed by atoms with E-state index in [9.17, 15) is 4.79 Å². The maximum absolute atomic E-state index is 10.9. The average molecular weight is 275 g/mol. The molecule has 2 N–H and O–H groups in total. The Hall–Kier alpha value is 0.630. The Morgan fingerprint density at radius 2 is 2.21 bits per heavy atom. The van der Waals surface area contributed by atoms with Crippen LogP contribution in [0, 0.1) is 0 Å². The Morgan fingerprint density at radius 3 is 2.86 bits per heavy atom. The number of aliphatic hydroxyl groups is 1. The van der Waals surface area contributed by atoms with Crippen LogP contribution in [0.25, 0.3) is 0 Å². The third kappa shape index (κ3) is 10.7. The minimum absolute atomic E-state index is 0.0950. The molecule has 0 aromatic carbocycles. The van der Waals surface area contributed by atoms with Gasteiger partial charge in [0.05, 0.1) is 11.8 Å². The second-order valence-electron chi connectivity index (χ2n) is 1.86. The van der Waals surface area contributed by atoms with Crippen molar-refractivity contribution < 1.29 is 14.6 Å². The predicted molar refractivity (Wildman–Crippen MR) is 67.9 cm³/mol. The standard InChI is InChI=1S/C6H13NO3S4/c8-2-13-5-14-3-10-6(9)7-1-12-4-11/h8,11H,1-5H2,(H,7,9). The van der Waals surface area contributed by atoms with Crippen molar-refractivity contribution in [3.8, 4) is 0 Å². The van der Waals surface area contributed by atoms with Gasteiger partial charge in [-0.1, -0.05) is 0 Å². The Morgan fingerprint density at radius 1 is 1.43 bits per heavy atom. The summed E-state index contributed by atoms with van der Waals surface area (Å²) in [6, 6.07) is 0. The molecule has 0 saturated carbocycles. The second kappa shape index (κ2) is 11.7. The topological polar surface area (TPSA) is 58.6 Å². The third-order valence-corrected chi connectivity index (χ3v) is 3.82. The molecule has 0 fully saturated rings. The molecule has 4 nitrogen and oxygen atoms in total. The molecule has 84 valence electrons. The lowest BCUT2D eigenvalue weighted by molar-refractivity contribution is 0.168. The molecule has 0 aliphatic heterocycles. The molecule has 0 spiro atoms. The number of carbonyl (C=O) groups is 1. The molecule has 0 rings (SSSR count). The summed E-state index contributed by atoms with van der Waals surface area (Å²) in [5.74, 6) is 0.917. The van der Waals surface area contributed by atoms with E-state index in [4.69, 9.17) is 9.84 Å². The van der Waals surface area contributed by atoms with Gasteiger partial charge in [0.25, 0.3) is 0 Å². The maximum atomic E-state index is 10.9. The summed E-state index contributed by atoms with van der Waals surface area (Å²) in [5, 5.41) is 12.4. The van der Waals surface area contributed by atoms with Crippen molar-refractivity contribution in [1.82, 2.24) is 5.32 Å². The molecule has 0 atom stereocenters. The van der Waals surface area contributed by atoms with Gasteiger partial charge in [-0.15, -0.1) is 35.3 Å². The van der Waals surface area contributed by atoms with Gasteiger partial charge in [-0.05, 0) is 0 Å². The van der Waals surface area contributed by atoms with Crippen LogP contribution in [0.5, 0.6) is 0 Å². The van der Waals surface area contributed by atoms with Gasteiger partial charge < -0.3 is 15.2 Å². The largest absolute Gasteiger partial charge is 0.438 e. The molecule has 0 radical (unpaired) electrons. The number of aliphatic hydroxyl groups excluding tert-OH is 1. The van der Waals surface area contributed by atoms with E-state index in [1.807, 2.05) is 0 Å². The Labute approximate surface area is 102 Å². The first-order chi connectivity index (χ1) is 6.81. The Bertz CT molecular complexity index is 149. The number of alkyl carbamates (subject to hydrolysis) is 1. The number of carbonyl (C=O) groups excluding carboxylic acids is 1. The summed E-state index contributed by atoms with van der Waals surface area (Å²) in [6.45, 7) is 0. The molecule has 0 aromatic rings. The van der Waals surface area contributed by atoms with Gasteiger partial charge in [0.2, 0.25) is 0 Å². The fourth-order valence-corrected chi connectivity index (χ4v) is 2.25. The molecule has 8 heteroatoms. The summed E-state index contributed by atoms with van der Waals surface area (Å²) >= 11 is 8.28. The van der Waals surface area contributed by atoms with E-state index in [-0.39, 0.29) is 5.94 Å². The molecule has 0 saturated heterocycles. The molecular formula is C6H13NO3S4. The summed E-state index contributed by atoms with van der Waals surface area (Å²) in [4.78, 5) is 10.9. The highest BCUT2D eigenvalue weighted by molar-refractivity contribution is 8.15. The van der Waals surface area contributed by atoms with E-state index >= 15 is 0 Å². The van der Waals surface area contributed by atoms with Crippen LogP contribution in [-0.4, -0.2) is 39.1 Å². The Balaban J connectivity index is 3.10. The Kier molecular flexibility index (Phi) is 12.2. The number of nitrogens with one attached hydrogen (secondary N) is 1. The first kappa shape index (κ1) is 14.6. The summed E-state index contributed by atoms with van der Waals surface area (Å²) < 4.78 is 4.81. The lowest BCUT2D eigenvalue weighted by Crippen LogP contribution is -2.23. The average Bonchev–Trinajstić information content (AvgIpc) is 2.18. The number of thiol groups is 1. The zero-order chi connectivity index (χ0) is 10.6. The molecule has 0 unspecified atom stereocenters. The smallest absolute Gasteiger partial charge is 0.408 e. The van der Waals surface area contributed by atoms with Crippen LogP contribution < -0.4 is 5.32 Å². The van der Waals surface area contributed by atoms with E-state index in [1.54, 1.807) is 0 Å². The highest BCUT2D eigenvalue weighted by Crippen LogP contribution is 2.10. The molecular weight excluding hydrogens is 262 g/mol. The minimum atomic E-state index is -0.416. The van der Waals surface area contributed by atoms with Crippen LogP contribution in [0.3, 0.4) is 0 Å². The van der Waals surface area contributed by atoms with Crippen molar-refractivity contribution in [3.05, 3.63) is 0 Å². The molecule has 0 bridgehead atoms. The van der Waals surface area contributed by atoms with Crippen molar-refractivity contribution in [1.29, 1.82) is 0 Å². The van der Waals surface area contributed by atoms with Gasteiger partial charge in [-0.3, -0.25) is 0 Å². The van der Waals surface area contributed by atoms with Crippen molar-refractivity contribution in [2.75, 3.05) is 27.9 Å². The zero-order valence-corrected chi connectivity index (χ0v) is 10.8. The molecule has 0 heterocycles. The van der Waals surface area contributed by atoms with Gasteiger partial charge >= 0.3 is 6.09 Å². The van der Waals surface area contributed by atoms with Gasteiger partial charge in [-0.2, -0.15) is 12.6 Å². The summed E-state index contributed by atoms with van der Waals surface area (Å²) in [6.07, 6.45) is -0.416. The highest BCUT2D eigenvalue weighted by Gasteiger charge is 1.99. The lowest BCUT2D eigenvalue weighted by atomic mass is 11.1. The molecule has 0 aromatic heterocycles. The van der Waals surface area contributed by atoms with E-state index < -0.39 is 6.09 Å². The highest BCUT2D eigenvalue weighted by atomic mass is 32.2. The van der Waals surface area contributed by atoms with Crippen LogP contribution in [0.15, 0.2) is 0 Å². The fourth-order valence-electron chi connectivity index (χ4n) is 0.432. The van der Waals surface area contributed by atoms with Crippen LogP contribution in [0.2, 0.25) is 0 Å². The van der Waals surface area contributed by atoms with Gasteiger partial charge in [-0.25, -0.2) is 4.79 Å². The van der Waals surface area contributed by atoms with Crippen molar-refractivity contribution in [3.63, 3.8) is 0 Å². The lowest BCUT2D eigenvalue weighted by Gasteiger charge is -2.05. The molecule has 0 aliphatic rings. The number of rotatable bonds is 8. The summed E-state index contributed by atoms with van der Waals surface area (Å²) in [7, 11) is 0. The van der Waals surface area contributed by atoms with Crippen LogP contribution in [-0.2, 0) is 4.74 Å². The normalized spacial score (nSPS) is 9.86. The van der Waals surface area contributed by atoms with Crippen molar-refractivity contribution in [2.24, 2.45) is 0 Å². The van der Waals surface area contributed by atoms with E-state index in [0.717, 1.165) is 5.08 Å². The number of hydrogen-bond acceptors (Lipinski definition) is 7. The molecule has 0 aliphatic carbocycles. The maximum Gasteiger partial charge on any atom is 0.408 e. The molecule has 14 heavy (non-hydrogen) atoms. The quantitative estimate of drug-likeness (QED) is 0.355. The predicted octanol–water partition coefficient (Wildman–Crippen LogP) is 1.62.